The van der Waals surface area contributed by atoms with Crippen molar-refractivity contribution in [2.24, 2.45) is 15.9 Å². The summed E-state index contributed by atoms with van der Waals surface area (Å²) >= 11 is 5.62. The number of hydrogen-bond donors (Lipinski definition) is 0. The Morgan fingerprint density at radius 2 is 1.94 bits per heavy atom. The predicted molar refractivity (Wildman–Crippen MR) is 52.5 cm³/mol. The summed E-state index contributed by atoms with van der Waals surface area (Å²) in [7, 11) is 0. The van der Waals surface area contributed by atoms with Crippen molar-refractivity contribution < 1.29 is 18.0 Å². The first-order valence-electron chi connectivity index (χ1n) is 4.21. The van der Waals surface area contributed by atoms with Crippen LogP contribution in [0.4, 0.5) is 13.2 Å². The van der Waals surface area contributed by atoms with Crippen LogP contribution in [0.1, 0.15) is 0 Å². The number of amides is 1. The van der Waals surface area contributed by atoms with Crippen molar-refractivity contribution in [1.82, 2.24) is 0 Å². The van der Waals surface area contributed by atoms with Crippen LogP contribution in [0.5, 0.6) is 0 Å². The Morgan fingerprint density at radius 1 is 1.25 bits per heavy atom. The molecule has 0 N–H and O–H groups in total. The number of fused-ring (bicyclic) bond motifs is 1. The quantitative estimate of drug-likeness (QED) is 0.648. The number of aliphatic imine (C=N–C) groups is 2. The standard InChI is InChI=1S/C9H4ClF3N2O/c10-4-1-2-6-5(3-4)7(16)15-8(14-6)9(11,12)13/h1-3,5H. The molecule has 0 bridgehead atoms. The van der Waals surface area contributed by atoms with Gasteiger partial charge in [-0.25, -0.2) is 4.99 Å². The van der Waals surface area contributed by atoms with E-state index < -0.39 is 23.8 Å². The lowest BCUT2D eigenvalue weighted by atomic mass is 9.96. The molecule has 7 heteroatoms. The number of halogens is 4. The lowest BCUT2D eigenvalue weighted by molar-refractivity contribution is -0.119. The second-order valence-corrected chi connectivity index (χ2v) is 3.61. The van der Waals surface area contributed by atoms with Gasteiger partial charge < -0.3 is 0 Å². The lowest BCUT2D eigenvalue weighted by Crippen LogP contribution is -2.33. The van der Waals surface area contributed by atoms with Gasteiger partial charge in [-0.3, -0.25) is 4.79 Å². The molecule has 1 aliphatic heterocycles. The number of hydrogen-bond acceptors (Lipinski definition) is 2. The van der Waals surface area contributed by atoms with Crippen LogP contribution < -0.4 is 0 Å². The van der Waals surface area contributed by atoms with Gasteiger partial charge in [-0.2, -0.15) is 18.2 Å². The highest BCUT2D eigenvalue weighted by atomic mass is 35.5. The van der Waals surface area contributed by atoms with Crippen molar-refractivity contribution in [2.45, 2.75) is 6.18 Å². The Kier molecular flexibility index (Phi) is 2.46. The second kappa shape index (κ2) is 3.55. The average molecular weight is 249 g/mol. The van der Waals surface area contributed by atoms with E-state index in [0.29, 0.717) is 0 Å². The third-order valence-corrected chi connectivity index (χ3v) is 2.28. The van der Waals surface area contributed by atoms with Crippen LogP contribution in [-0.2, 0) is 4.79 Å². The molecule has 1 amide bonds. The number of carbonyl (C=O) groups is 1. The number of amidine groups is 1. The van der Waals surface area contributed by atoms with Gasteiger partial charge in [0, 0.05) is 5.03 Å². The molecule has 0 aromatic carbocycles. The van der Waals surface area contributed by atoms with E-state index in [-0.39, 0.29) is 10.7 Å². The lowest BCUT2D eigenvalue weighted by Gasteiger charge is -2.19. The molecule has 0 saturated heterocycles. The minimum Gasteiger partial charge on any atom is -0.271 e. The van der Waals surface area contributed by atoms with Gasteiger partial charge in [0.1, 0.15) is 5.92 Å². The minimum absolute atomic E-state index is 0.0109. The highest BCUT2D eigenvalue weighted by molar-refractivity contribution is 6.33. The number of carbonyl (C=O) groups excluding carboxylic acids is 1. The molecule has 1 unspecified atom stereocenters. The Morgan fingerprint density at radius 3 is 2.56 bits per heavy atom. The van der Waals surface area contributed by atoms with Crippen LogP contribution in [0.15, 0.2) is 33.2 Å². The Balaban J connectivity index is 2.42. The van der Waals surface area contributed by atoms with E-state index in [1.54, 1.807) is 0 Å². The van der Waals surface area contributed by atoms with Crippen LogP contribution in [0.3, 0.4) is 0 Å². The molecule has 1 heterocycles. The maximum absolute atomic E-state index is 12.3. The SMILES string of the molecule is O=C1N=C(C(F)(F)F)N=C2C=CC(Cl)=CC12. The van der Waals surface area contributed by atoms with E-state index in [1.165, 1.54) is 18.2 Å². The fourth-order valence-corrected chi connectivity index (χ4v) is 1.51. The summed E-state index contributed by atoms with van der Waals surface area (Å²) in [5.41, 5.74) is 0.0109. The Hall–Kier alpha value is -1.43. The summed E-state index contributed by atoms with van der Waals surface area (Å²) in [5.74, 6) is -3.22. The third-order valence-electron chi connectivity index (χ3n) is 2.03. The van der Waals surface area contributed by atoms with Crippen molar-refractivity contribution >= 4 is 29.1 Å². The minimum atomic E-state index is -4.72. The smallest absolute Gasteiger partial charge is 0.271 e. The molecule has 0 fully saturated rings. The van der Waals surface area contributed by atoms with Crippen molar-refractivity contribution in [3.05, 3.63) is 23.3 Å². The Labute approximate surface area is 93.0 Å². The summed E-state index contributed by atoms with van der Waals surface area (Å²) < 4.78 is 36.9. The molecule has 1 atom stereocenters. The van der Waals surface area contributed by atoms with Crippen LogP contribution >= 0.6 is 11.6 Å². The van der Waals surface area contributed by atoms with E-state index in [2.05, 4.69) is 9.98 Å². The summed E-state index contributed by atoms with van der Waals surface area (Å²) in [6.07, 6.45) is -0.736. The largest absolute Gasteiger partial charge is 0.451 e. The Bertz CT molecular complexity index is 474. The van der Waals surface area contributed by atoms with E-state index in [4.69, 9.17) is 11.6 Å². The second-order valence-electron chi connectivity index (χ2n) is 3.17. The van der Waals surface area contributed by atoms with Gasteiger partial charge in [0.25, 0.3) is 5.91 Å². The molecular formula is C9H4ClF3N2O. The average Bonchev–Trinajstić information content (AvgIpc) is 2.17. The van der Waals surface area contributed by atoms with Gasteiger partial charge in [-0.05, 0) is 18.2 Å². The molecule has 0 spiro atoms. The van der Waals surface area contributed by atoms with Crippen molar-refractivity contribution in [2.75, 3.05) is 0 Å². The molecule has 3 nitrogen and oxygen atoms in total. The number of allylic oxidation sites excluding steroid dienone is 3. The maximum Gasteiger partial charge on any atom is 0.451 e. The molecule has 1 aliphatic carbocycles. The first-order valence-corrected chi connectivity index (χ1v) is 4.59. The van der Waals surface area contributed by atoms with Crippen LogP contribution in [0.2, 0.25) is 0 Å². The molecule has 0 aromatic heterocycles. The highest BCUT2D eigenvalue weighted by Crippen LogP contribution is 2.26. The molecule has 2 rings (SSSR count). The van der Waals surface area contributed by atoms with Crippen molar-refractivity contribution in [1.29, 1.82) is 0 Å². The zero-order valence-electron chi connectivity index (χ0n) is 7.62. The van der Waals surface area contributed by atoms with Crippen LogP contribution in [-0.4, -0.2) is 23.6 Å². The van der Waals surface area contributed by atoms with Gasteiger partial charge in [0.2, 0.25) is 5.84 Å². The molecular weight excluding hydrogens is 245 g/mol. The van der Waals surface area contributed by atoms with Crippen LogP contribution in [0, 0.1) is 5.92 Å². The molecule has 16 heavy (non-hydrogen) atoms. The predicted octanol–water partition coefficient (Wildman–Crippen LogP) is 2.24. The fourth-order valence-electron chi connectivity index (χ4n) is 1.32. The molecule has 84 valence electrons. The zero-order valence-corrected chi connectivity index (χ0v) is 8.38. The third kappa shape index (κ3) is 1.92. The van der Waals surface area contributed by atoms with Gasteiger partial charge in [0.15, 0.2) is 0 Å². The van der Waals surface area contributed by atoms with E-state index in [1.807, 2.05) is 0 Å². The van der Waals surface area contributed by atoms with Gasteiger partial charge in [-0.1, -0.05) is 11.6 Å². The number of rotatable bonds is 0. The normalized spacial score (nSPS) is 24.6. The molecule has 0 aromatic rings. The molecule has 2 aliphatic rings. The van der Waals surface area contributed by atoms with E-state index in [9.17, 15) is 18.0 Å². The van der Waals surface area contributed by atoms with Crippen molar-refractivity contribution in [3.63, 3.8) is 0 Å². The monoisotopic (exact) mass is 248 g/mol. The molecule has 0 saturated carbocycles. The summed E-state index contributed by atoms with van der Waals surface area (Å²) in [5, 5.41) is 0.281. The van der Waals surface area contributed by atoms with Gasteiger partial charge in [0.05, 0.1) is 5.71 Å². The van der Waals surface area contributed by atoms with E-state index in [0.717, 1.165) is 0 Å². The zero-order chi connectivity index (χ0) is 11.9. The van der Waals surface area contributed by atoms with Gasteiger partial charge >= 0.3 is 6.18 Å². The number of alkyl halides is 3. The highest BCUT2D eigenvalue weighted by Gasteiger charge is 2.41. The first-order chi connectivity index (χ1) is 7.38. The van der Waals surface area contributed by atoms with Gasteiger partial charge in [-0.15, -0.1) is 0 Å². The summed E-state index contributed by atoms with van der Waals surface area (Å²) in [4.78, 5) is 17.5. The first kappa shape index (κ1) is 11.1. The van der Waals surface area contributed by atoms with E-state index >= 15 is 0 Å². The fraction of sp³-hybridized carbons (Fsp3) is 0.222. The topological polar surface area (TPSA) is 41.8 Å². The summed E-state index contributed by atoms with van der Waals surface area (Å²) in [6.45, 7) is 0. The van der Waals surface area contributed by atoms with Crippen molar-refractivity contribution in [3.8, 4) is 0 Å². The molecule has 0 radical (unpaired) electrons. The summed E-state index contributed by atoms with van der Waals surface area (Å²) in [6, 6.07) is 0. The number of nitrogens with zero attached hydrogens (tertiary/aromatic N) is 2. The maximum atomic E-state index is 12.3. The van der Waals surface area contributed by atoms with Crippen LogP contribution in [0.25, 0.3) is 0 Å².